The van der Waals surface area contributed by atoms with Crippen molar-refractivity contribution in [2.24, 2.45) is 0 Å². The minimum Gasteiger partial charge on any atom is -0.493 e. The van der Waals surface area contributed by atoms with E-state index < -0.39 is 6.10 Å². The monoisotopic (exact) mass is 435 g/mol. The van der Waals surface area contributed by atoms with Gasteiger partial charge in [-0.15, -0.1) is 0 Å². The fourth-order valence-corrected chi connectivity index (χ4v) is 4.26. The van der Waals surface area contributed by atoms with Crippen molar-refractivity contribution in [2.75, 3.05) is 53.6 Å². The van der Waals surface area contributed by atoms with Gasteiger partial charge in [-0.05, 0) is 37.6 Å². The van der Waals surface area contributed by atoms with E-state index in [-0.39, 0.29) is 12.7 Å². The van der Waals surface area contributed by atoms with E-state index in [1.807, 2.05) is 18.2 Å². The number of likely N-dealkylation sites (N-methyl/N-ethyl adjacent to an activating group) is 1. The average molecular weight is 436 g/mol. The SMILES string of the molecule is COc1cc(CNCCN2CCOC2=O)ccc1OC[C@@H](O)CN(C)C1CCCCC1. The number of amides is 1. The fourth-order valence-electron chi connectivity index (χ4n) is 4.26. The lowest BCUT2D eigenvalue weighted by Gasteiger charge is -2.32. The first-order valence-corrected chi connectivity index (χ1v) is 11.4. The molecule has 1 aliphatic carbocycles. The van der Waals surface area contributed by atoms with Crippen LogP contribution in [0.1, 0.15) is 37.7 Å². The van der Waals surface area contributed by atoms with E-state index in [1.54, 1.807) is 12.0 Å². The Hall–Kier alpha value is -2.03. The van der Waals surface area contributed by atoms with Crippen molar-refractivity contribution in [3.05, 3.63) is 23.8 Å². The molecule has 1 atom stereocenters. The van der Waals surface area contributed by atoms with Crippen LogP contribution < -0.4 is 14.8 Å². The molecule has 8 heteroatoms. The number of carbonyl (C=O) groups is 1. The van der Waals surface area contributed by atoms with Crippen LogP contribution >= 0.6 is 0 Å². The van der Waals surface area contributed by atoms with Crippen LogP contribution in [0.15, 0.2) is 18.2 Å². The highest BCUT2D eigenvalue weighted by Crippen LogP contribution is 2.28. The molecule has 1 aromatic rings. The summed E-state index contributed by atoms with van der Waals surface area (Å²) in [6, 6.07) is 6.37. The van der Waals surface area contributed by atoms with Crippen LogP contribution in [0.2, 0.25) is 0 Å². The van der Waals surface area contributed by atoms with Crippen molar-refractivity contribution >= 4 is 6.09 Å². The Bertz CT molecular complexity index is 696. The summed E-state index contributed by atoms with van der Waals surface area (Å²) in [6.45, 7) is 3.96. The number of aliphatic hydroxyl groups is 1. The molecule has 2 aliphatic rings. The molecule has 8 nitrogen and oxygen atoms in total. The summed E-state index contributed by atoms with van der Waals surface area (Å²) < 4.78 is 16.3. The van der Waals surface area contributed by atoms with Crippen LogP contribution in [0.5, 0.6) is 11.5 Å². The standard InChI is InChI=1S/C23H37N3O5/c1-25(19-6-4-3-5-7-19)16-20(27)17-31-21-9-8-18(14-22(21)29-2)15-24-10-11-26-12-13-30-23(26)28/h8-9,14,19-20,24,27H,3-7,10-13,15-17H2,1-2H3/t20-/m0/s1. The molecule has 1 aromatic carbocycles. The van der Waals surface area contributed by atoms with Crippen LogP contribution in [0.3, 0.4) is 0 Å². The van der Waals surface area contributed by atoms with Crippen LogP contribution in [0.4, 0.5) is 4.79 Å². The Morgan fingerprint density at radius 1 is 1.29 bits per heavy atom. The topological polar surface area (TPSA) is 83.5 Å². The second-order valence-electron chi connectivity index (χ2n) is 8.46. The summed E-state index contributed by atoms with van der Waals surface area (Å²) >= 11 is 0. The maximum atomic E-state index is 11.4. The van der Waals surface area contributed by atoms with Gasteiger partial charge in [0.25, 0.3) is 0 Å². The Kier molecular flexibility index (Phi) is 9.24. The fraction of sp³-hybridized carbons (Fsp3) is 0.696. The van der Waals surface area contributed by atoms with E-state index >= 15 is 0 Å². The molecule has 2 fully saturated rings. The Balaban J connectivity index is 1.40. The number of rotatable bonds is 12. The number of hydrogen-bond acceptors (Lipinski definition) is 7. The second-order valence-corrected chi connectivity index (χ2v) is 8.46. The zero-order chi connectivity index (χ0) is 22.1. The van der Waals surface area contributed by atoms with Crippen molar-refractivity contribution in [1.82, 2.24) is 15.1 Å². The van der Waals surface area contributed by atoms with Gasteiger partial charge in [0.2, 0.25) is 0 Å². The zero-order valence-corrected chi connectivity index (χ0v) is 18.8. The summed E-state index contributed by atoms with van der Waals surface area (Å²) in [5, 5.41) is 13.8. The van der Waals surface area contributed by atoms with Gasteiger partial charge in [-0.1, -0.05) is 25.3 Å². The number of methoxy groups -OCH3 is 1. The Morgan fingerprint density at radius 2 is 2.10 bits per heavy atom. The molecule has 0 unspecified atom stereocenters. The highest BCUT2D eigenvalue weighted by molar-refractivity contribution is 5.69. The number of hydrogen-bond donors (Lipinski definition) is 2. The largest absolute Gasteiger partial charge is 0.493 e. The van der Waals surface area contributed by atoms with Gasteiger partial charge in [-0.2, -0.15) is 0 Å². The molecule has 1 saturated carbocycles. The molecule has 31 heavy (non-hydrogen) atoms. The third-order valence-electron chi connectivity index (χ3n) is 6.09. The third kappa shape index (κ3) is 7.26. The first-order valence-electron chi connectivity index (χ1n) is 11.4. The van der Waals surface area contributed by atoms with Crippen molar-refractivity contribution in [1.29, 1.82) is 0 Å². The van der Waals surface area contributed by atoms with Gasteiger partial charge in [0, 0.05) is 32.2 Å². The van der Waals surface area contributed by atoms with Gasteiger partial charge in [0.15, 0.2) is 11.5 Å². The van der Waals surface area contributed by atoms with Crippen LogP contribution in [0, 0.1) is 0 Å². The summed E-state index contributed by atoms with van der Waals surface area (Å²) in [5.41, 5.74) is 1.06. The molecular weight excluding hydrogens is 398 g/mol. The molecule has 0 radical (unpaired) electrons. The lowest BCUT2D eigenvalue weighted by atomic mass is 9.94. The predicted octanol–water partition coefficient (Wildman–Crippen LogP) is 2.24. The molecule has 1 saturated heterocycles. The van der Waals surface area contributed by atoms with Crippen molar-refractivity contribution in [2.45, 2.75) is 50.8 Å². The maximum Gasteiger partial charge on any atom is 0.409 e. The maximum absolute atomic E-state index is 11.4. The smallest absolute Gasteiger partial charge is 0.409 e. The van der Waals surface area contributed by atoms with E-state index in [9.17, 15) is 9.90 Å². The normalized spacial score (nSPS) is 18.3. The molecule has 1 heterocycles. The number of aliphatic hydroxyl groups excluding tert-OH is 1. The summed E-state index contributed by atoms with van der Waals surface area (Å²) in [6.07, 6.45) is 5.54. The number of nitrogens with zero attached hydrogens (tertiary/aromatic N) is 2. The Labute approximate surface area is 185 Å². The summed E-state index contributed by atoms with van der Waals surface area (Å²) in [4.78, 5) is 15.4. The molecule has 3 rings (SSSR count). The van der Waals surface area contributed by atoms with E-state index in [4.69, 9.17) is 14.2 Å². The van der Waals surface area contributed by atoms with E-state index in [2.05, 4.69) is 17.3 Å². The van der Waals surface area contributed by atoms with Gasteiger partial charge >= 0.3 is 6.09 Å². The third-order valence-corrected chi connectivity index (χ3v) is 6.09. The quantitative estimate of drug-likeness (QED) is 0.487. The van der Waals surface area contributed by atoms with Crippen LogP contribution in [0.25, 0.3) is 0 Å². The average Bonchev–Trinajstić information content (AvgIpc) is 3.20. The minimum absolute atomic E-state index is 0.233. The van der Waals surface area contributed by atoms with Crippen molar-refractivity contribution in [3.8, 4) is 11.5 Å². The number of benzene rings is 1. The molecule has 1 amide bonds. The van der Waals surface area contributed by atoms with Crippen LogP contribution in [-0.4, -0.2) is 86.7 Å². The summed E-state index contributed by atoms with van der Waals surface area (Å²) in [5.74, 6) is 1.28. The first kappa shape index (κ1) is 23.6. The highest BCUT2D eigenvalue weighted by atomic mass is 16.6. The second kappa shape index (κ2) is 12.1. The number of ether oxygens (including phenoxy) is 3. The van der Waals surface area contributed by atoms with Crippen LogP contribution in [-0.2, 0) is 11.3 Å². The minimum atomic E-state index is -0.546. The molecular formula is C23H37N3O5. The van der Waals surface area contributed by atoms with Gasteiger partial charge in [-0.3, -0.25) is 0 Å². The Morgan fingerprint density at radius 3 is 2.81 bits per heavy atom. The summed E-state index contributed by atoms with van der Waals surface area (Å²) in [7, 11) is 3.71. The van der Waals surface area contributed by atoms with E-state index in [0.717, 1.165) is 5.56 Å². The van der Waals surface area contributed by atoms with Gasteiger partial charge in [-0.25, -0.2) is 4.79 Å². The highest BCUT2D eigenvalue weighted by Gasteiger charge is 2.21. The number of nitrogens with one attached hydrogen (secondary N) is 1. The number of carbonyl (C=O) groups excluding carboxylic acids is 1. The van der Waals surface area contributed by atoms with Gasteiger partial charge in [0.05, 0.1) is 13.7 Å². The molecule has 1 aliphatic heterocycles. The van der Waals surface area contributed by atoms with Crippen molar-refractivity contribution < 1.29 is 24.1 Å². The van der Waals surface area contributed by atoms with E-state index in [1.165, 1.54) is 32.1 Å². The predicted molar refractivity (Wildman–Crippen MR) is 119 cm³/mol. The zero-order valence-electron chi connectivity index (χ0n) is 18.8. The molecule has 0 spiro atoms. The van der Waals surface area contributed by atoms with Gasteiger partial charge in [0.1, 0.15) is 19.3 Å². The molecule has 2 N–H and O–H groups in total. The first-order chi connectivity index (χ1) is 15.1. The lowest BCUT2D eigenvalue weighted by molar-refractivity contribution is 0.0553. The molecule has 174 valence electrons. The lowest BCUT2D eigenvalue weighted by Crippen LogP contribution is -2.40. The molecule has 0 aromatic heterocycles. The van der Waals surface area contributed by atoms with Crippen molar-refractivity contribution in [3.63, 3.8) is 0 Å². The van der Waals surface area contributed by atoms with Gasteiger partial charge < -0.3 is 34.4 Å². The van der Waals surface area contributed by atoms with E-state index in [0.29, 0.717) is 56.9 Å². The molecule has 0 bridgehead atoms. The number of cyclic esters (lactones) is 1.